The van der Waals surface area contributed by atoms with E-state index >= 15 is 0 Å². The summed E-state index contributed by atoms with van der Waals surface area (Å²) in [5.41, 5.74) is 17.7. The summed E-state index contributed by atoms with van der Waals surface area (Å²) in [4.78, 5) is 0. The topological polar surface area (TPSA) is 70.5 Å². The number of nitrogens with two attached hydrogens (primary N) is 2. The fraction of sp³-hybridized carbons (Fsp3) is 0.226. The van der Waals surface area contributed by atoms with Gasteiger partial charge >= 0.3 is 0 Å². The third kappa shape index (κ3) is 5.12. The van der Waals surface area contributed by atoms with Crippen LogP contribution in [0.2, 0.25) is 0 Å². The normalized spacial score (nSPS) is 11.3. The fourth-order valence-corrected chi connectivity index (χ4v) is 4.68. The van der Waals surface area contributed by atoms with E-state index in [-0.39, 0.29) is 5.41 Å². The molecule has 0 radical (unpaired) electrons. The van der Waals surface area contributed by atoms with Gasteiger partial charge in [0.2, 0.25) is 0 Å². The van der Waals surface area contributed by atoms with Crippen molar-refractivity contribution in [2.45, 2.75) is 46.0 Å². The minimum absolute atomic E-state index is 0.102. The highest BCUT2D eigenvalue weighted by molar-refractivity contribution is 5.50. The van der Waals surface area contributed by atoms with E-state index < -0.39 is 0 Å². The van der Waals surface area contributed by atoms with Crippen LogP contribution in [-0.2, 0) is 5.41 Å². The van der Waals surface area contributed by atoms with Crippen molar-refractivity contribution in [2.75, 3.05) is 11.5 Å². The summed E-state index contributed by atoms with van der Waals surface area (Å²) < 4.78 is 12.2. The molecule has 4 rings (SSSR count). The van der Waals surface area contributed by atoms with Crippen LogP contribution < -0.4 is 20.9 Å². The molecule has 4 aromatic rings. The van der Waals surface area contributed by atoms with Gasteiger partial charge < -0.3 is 20.9 Å². The average molecular weight is 467 g/mol. The van der Waals surface area contributed by atoms with E-state index in [0.717, 1.165) is 58.3 Å². The average Bonchev–Trinajstić information content (AvgIpc) is 2.86. The van der Waals surface area contributed by atoms with Crippen molar-refractivity contribution in [2.24, 2.45) is 0 Å². The molecule has 0 atom stereocenters. The van der Waals surface area contributed by atoms with E-state index in [2.05, 4.69) is 64.1 Å². The molecule has 4 heteroatoms. The minimum Gasteiger partial charge on any atom is -0.457 e. The zero-order valence-corrected chi connectivity index (χ0v) is 21.0. The zero-order valence-electron chi connectivity index (χ0n) is 21.0. The predicted octanol–water partition coefficient (Wildman–Crippen LogP) is 8.16. The Morgan fingerprint density at radius 1 is 0.571 bits per heavy atom. The summed E-state index contributed by atoms with van der Waals surface area (Å²) in [5, 5.41) is 0. The van der Waals surface area contributed by atoms with Crippen LogP contribution in [0.3, 0.4) is 0 Å². The molecular formula is C31H34N2O2. The molecule has 4 aromatic carbocycles. The van der Waals surface area contributed by atoms with Gasteiger partial charge in [0.05, 0.1) is 0 Å². The van der Waals surface area contributed by atoms with Crippen molar-refractivity contribution in [3.05, 3.63) is 107 Å². The highest BCUT2D eigenvalue weighted by Gasteiger charge is 2.31. The first-order valence-corrected chi connectivity index (χ1v) is 12.1. The van der Waals surface area contributed by atoms with Crippen LogP contribution in [0.25, 0.3) is 0 Å². The van der Waals surface area contributed by atoms with Crippen LogP contribution in [0.1, 0.15) is 48.9 Å². The van der Waals surface area contributed by atoms with Gasteiger partial charge in [0.25, 0.3) is 0 Å². The number of aryl methyl sites for hydroxylation is 2. The van der Waals surface area contributed by atoms with Gasteiger partial charge in [-0.15, -0.1) is 0 Å². The maximum atomic E-state index is 6.12. The highest BCUT2D eigenvalue weighted by Crippen LogP contribution is 2.42. The molecule has 0 heterocycles. The Balaban J connectivity index is 1.63. The molecule has 35 heavy (non-hydrogen) atoms. The van der Waals surface area contributed by atoms with E-state index in [4.69, 9.17) is 20.9 Å². The summed E-state index contributed by atoms with van der Waals surface area (Å²) in [7, 11) is 0. The maximum Gasteiger partial charge on any atom is 0.130 e. The lowest BCUT2D eigenvalue weighted by Crippen LogP contribution is -2.26. The van der Waals surface area contributed by atoms with Crippen molar-refractivity contribution in [1.82, 2.24) is 0 Å². The zero-order chi connectivity index (χ0) is 25.0. The van der Waals surface area contributed by atoms with Crippen LogP contribution in [0.5, 0.6) is 23.0 Å². The molecule has 0 fully saturated rings. The van der Waals surface area contributed by atoms with Gasteiger partial charge in [-0.25, -0.2) is 0 Å². The number of hydrogen-bond donors (Lipinski definition) is 2. The SMILES string of the molecule is CCC(CC)(c1ccc(Oc2ccc(N)cc2)c(C)c1)c1ccc(Oc2ccc(N)cc2)c(C)c1. The van der Waals surface area contributed by atoms with Gasteiger partial charge in [-0.3, -0.25) is 0 Å². The molecule has 0 aliphatic heterocycles. The first kappa shape index (κ1) is 24.2. The van der Waals surface area contributed by atoms with Gasteiger partial charge in [-0.2, -0.15) is 0 Å². The number of benzene rings is 4. The van der Waals surface area contributed by atoms with Gasteiger partial charge in [0.15, 0.2) is 0 Å². The standard InChI is InChI=1S/C31H34N2O2/c1-5-31(6-2,23-7-17-29(21(3)19-23)34-27-13-9-25(32)10-14-27)24-8-18-30(22(4)20-24)35-28-15-11-26(33)12-16-28/h7-20H,5-6,32-33H2,1-4H3. The van der Waals surface area contributed by atoms with Crippen molar-refractivity contribution < 1.29 is 9.47 Å². The maximum absolute atomic E-state index is 6.12. The van der Waals surface area contributed by atoms with Crippen molar-refractivity contribution in [1.29, 1.82) is 0 Å². The molecule has 0 unspecified atom stereocenters. The number of rotatable bonds is 8. The third-order valence-corrected chi connectivity index (χ3v) is 6.88. The van der Waals surface area contributed by atoms with Crippen molar-refractivity contribution >= 4 is 11.4 Å². The van der Waals surface area contributed by atoms with Gasteiger partial charge in [-0.1, -0.05) is 38.1 Å². The molecule has 0 spiro atoms. The largest absolute Gasteiger partial charge is 0.457 e. The van der Waals surface area contributed by atoms with E-state index in [9.17, 15) is 0 Å². The molecule has 0 aliphatic rings. The molecule has 0 saturated carbocycles. The Morgan fingerprint density at radius 3 is 1.26 bits per heavy atom. The lowest BCUT2D eigenvalue weighted by molar-refractivity contribution is 0.462. The number of ether oxygens (including phenoxy) is 2. The smallest absolute Gasteiger partial charge is 0.130 e. The minimum atomic E-state index is -0.102. The monoisotopic (exact) mass is 466 g/mol. The Kier molecular flexibility index (Phi) is 7.02. The Morgan fingerprint density at radius 2 is 0.943 bits per heavy atom. The molecule has 0 amide bonds. The predicted molar refractivity (Wildman–Crippen MR) is 146 cm³/mol. The first-order chi connectivity index (χ1) is 16.8. The van der Waals surface area contributed by atoms with Gasteiger partial charge in [0.1, 0.15) is 23.0 Å². The van der Waals surface area contributed by atoms with E-state index in [1.165, 1.54) is 11.1 Å². The molecule has 0 bridgehead atoms. The third-order valence-electron chi connectivity index (χ3n) is 6.88. The molecular weight excluding hydrogens is 432 g/mol. The lowest BCUT2D eigenvalue weighted by Gasteiger charge is -2.34. The summed E-state index contributed by atoms with van der Waals surface area (Å²) in [6, 6.07) is 28.0. The first-order valence-electron chi connectivity index (χ1n) is 12.1. The second kappa shape index (κ2) is 10.1. The second-order valence-corrected chi connectivity index (χ2v) is 9.09. The summed E-state index contributed by atoms with van der Waals surface area (Å²) in [6.07, 6.45) is 1.97. The summed E-state index contributed by atoms with van der Waals surface area (Å²) in [5.74, 6) is 3.25. The Bertz CT molecular complexity index is 1190. The van der Waals surface area contributed by atoms with Crippen LogP contribution in [0, 0.1) is 13.8 Å². The fourth-order valence-electron chi connectivity index (χ4n) is 4.68. The summed E-state index contributed by atoms with van der Waals surface area (Å²) >= 11 is 0. The van der Waals surface area contributed by atoms with Crippen LogP contribution in [-0.4, -0.2) is 0 Å². The highest BCUT2D eigenvalue weighted by atomic mass is 16.5. The Labute approximate surface area is 208 Å². The van der Waals surface area contributed by atoms with Gasteiger partial charge in [-0.05, 0) is 110 Å². The van der Waals surface area contributed by atoms with Crippen LogP contribution in [0.4, 0.5) is 11.4 Å². The van der Waals surface area contributed by atoms with E-state index in [1.54, 1.807) is 0 Å². The van der Waals surface area contributed by atoms with E-state index in [1.807, 2.05) is 48.5 Å². The molecule has 4 nitrogen and oxygen atoms in total. The van der Waals surface area contributed by atoms with Crippen molar-refractivity contribution in [3.63, 3.8) is 0 Å². The Hall–Kier alpha value is -3.92. The molecule has 180 valence electrons. The lowest BCUT2D eigenvalue weighted by atomic mass is 9.70. The molecule has 0 aromatic heterocycles. The van der Waals surface area contributed by atoms with Crippen LogP contribution >= 0.6 is 0 Å². The number of anilines is 2. The van der Waals surface area contributed by atoms with Crippen LogP contribution in [0.15, 0.2) is 84.9 Å². The molecule has 0 aliphatic carbocycles. The van der Waals surface area contributed by atoms with E-state index in [0.29, 0.717) is 0 Å². The number of hydrogen-bond acceptors (Lipinski definition) is 4. The molecule has 4 N–H and O–H groups in total. The second-order valence-electron chi connectivity index (χ2n) is 9.09. The number of nitrogen functional groups attached to an aromatic ring is 2. The quantitative estimate of drug-likeness (QED) is 0.257. The summed E-state index contributed by atoms with van der Waals surface area (Å²) in [6.45, 7) is 8.71. The molecule has 0 saturated heterocycles. The van der Waals surface area contributed by atoms with Crippen molar-refractivity contribution in [3.8, 4) is 23.0 Å². The van der Waals surface area contributed by atoms with Gasteiger partial charge in [0, 0.05) is 16.8 Å².